The van der Waals surface area contributed by atoms with Crippen LogP contribution in [0.5, 0.6) is 34.5 Å². The van der Waals surface area contributed by atoms with Gasteiger partial charge in [-0.1, -0.05) is 26.0 Å². The van der Waals surface area contributed by atoms with Crippen LogP contribution < -0.4 is 44.6 Å². The number of rotatable bonds is 26. The summed E-state index contributed by atoms with van der Waals surface area (Å²) in [7, 11) is 0. The molecule has 0 spiro atoms. The summed E-state index contributed by atoms with van der Waals surface area (Å²) in [5.41, 5.74) is 2.24. The van der Waals surface area contributed by atoms with Gasteiger partial charge in [-0.15, -0.1) is 0 Å². The van der Waals surface area contributed by atoms with Gasteiger partial charge in [0.2, 0.25) is 11.8 Å². The van der Waals surface area contributed by atoms with E-state index in [0.717, 1.165) is 67.7 Å². The number of amides is 2. The van der Waals surface area contributed by atoms with Gasteiger partial charge in [-0.25, -0.2) is 19.2 Å². The number of fused-ring (bicyclic) bond motifs is 2. The van der Waals surface area contributed by atoms with Crippen molar-refractivity contribution in [1.82, 2.24) is 0 Å². The van der Waals surface area contributed by atoms with Gasteiger partial charge < -0.3 is 37.3 Å². The summed E-state index contributed by atoms with van der Waals surface area (Å²) in [5.74, 6) is 0.377. The van der Waals surface area contributed by atoms with E-state index in [-0.39, 0.29) is 23.5 Å². The van der Waals surface area contributed by atoms with Gasteiger partial charge in [0, 0.05) is 41.0 Å². The number of unbranched alkanes of at least 4 members (excludes halogenated alkanes) is 6. The molecule has 1 aliphatic rings. The molecule has 0 bridgehead atoms. The molecule has 0 aliphatic carbocycles. The second-order valence-electron chi connectivity index (χ2n) is 19.6. The summed E-state index contributed by atoms with van der Waals surface area (Å²) < 4.78 is 45.2. The highest BCUT2D eigenvalue weighted by Gasteiger charge is 2.46. The van der Waals surface area contributed by atoms with Crippen LogP contribution >= 0.6 is 0 Å². The van der Waals surface area contributed by atoms with Gasteiger partial charge in [-0.05, 0) is 191 Å². The number of imide groups is 1. The number of anilines is 1. The van der Waals surface area contributed by atoms with Gasteiger partial charge in [-0.2, -0.15) is 0 Å². The number of carbonyl (C=O) groups is 4. The molecule has 6 aromatic carbocycles. The maximum Gasteiger partial charge on any atom is 0.343 e. The van der Waals surface area contributed by atoms with Gasteiger partial charge in [0.25, 0.3) is 0 Å². The van der Waals surface area contributed by atoms with Gasteiger partial charge in [0.05, 0.1) is 49.2 Å². The Morgan fingerprint density at radius 2 is 0.835 bits per heavy atom. The normalized spacial score (nSPS) is 14.5. The van der Waals surface area contributed by atoms with Crippen LogP contribution in [0.15, 0.2) is 176 Å². The topological polar surface area (TPSA) is 187 Å². The minimum Gasteiger partial charge on any atom is -0.494 e. The standard InChI is InChI=1S/C64H61NO14/c1-42(44-11-27-52(28-12-44)76-63(70)47-15-23-50(24-16-47)72-35-7-3-5-9-37-74-54-29-13-45-19-33-59(66)78-57(45)40-54)39-56-43(2)61(68)65(62(56)69)49-21-31-53(32-22-49)77-64(71)48-17-25-51(26-18-48)73-36-8-4-6-10-38-75-55-30-14-46-20-34-60(67)79-58(46)41-55/h11-34,40-43,56H,3-10,35-39H2,1-2H3. The van der Waals surface area contributed by atoms with Crippen LogP contribution in [-0.2, 0) is 9.59 Å². The Bertz CT molecular complexity index is 3500. The van der Waals surface area contributed by atoms with Crippen molar-refractivity contribution in [2.24, 2.45) is 11.8 Å². The largest absolute Gasteiger partial charge is 0.494 e. The van der Waals surface area contributed by atoms with Crippen molar-refractivity contribution in [1.29, 1.82) is 0 Å². The molecule has 3 heterocycles. The van der Waals surface area contributed by atoms with Crippen molar-refractivity contribution >= 4 is 51.4 Å². The monoisotopic (exact) mass is 1070 g/mol. The Labute approximate surface area is 456 Å². The molecule has 0 N–H and O–H groups in total. The second kappa shape index (κ2) is 26.4. The van der Waals surface area contributed by atoms with Crippen molar-refractivity contribution in [3.63, 3.8) is 0 Å². The number of benzene rings is 6. The predicted molar refractivity (Wildman–Crippen MR) is 298 cm³/mol. The molecule has 1 fully saturated rings. The zero-order valence-corrected chi connectivity index (χ0v) is 44.1. The Hall–Kier alpha value is -8.98. The van der Waals surface area contributed by atoms with E-state index in [0.29, 0.717) is 89.6 Å². The number of nitrogens with zero attached hydrogens (tertiary/aromatic N) is 1. The maximum absolute atomic E-state index is 13.8. The molecule has 15 heteroatoms. The highest BCUT2D eigenvalue weighted by Crippen LogP contribution is 2.38. The molecule has 1 saturated heterocycles. The summed E-state index contributed by atoms with van der Waals surface area (Å²) in [6.45, 7) is 5.92. The highest BCUT2D eigenvalue weighted by atomic mass is 16.5. The van der Waals surface area contributed by atoms with Crippen LogP contribution in [0.25, 0.3) is 21.9 Å². The molecule has 15 nitrogen and oxygen atoms in total. The summed E-state index contributed by atoms with van der Waals surface area (Å²) in [5, 5.41) is 1.68. The third-order valence-corrected chi connectivity index (χ3v) is 13.8. The molecule has 3 atom stereocenters. The van der Waals surface area contributed by atoms with Gasteiger partial charge in [-0.3, -0.25) is 14.5 Å². The molecular formula is C64H61NO14. The Kier molecular flexibility index (Phi) is 18.3. The number of carbonyl (C=O) groups excluding carboxylic acids is 4. The van der Waals surface area contributed by atoms with Crippen LogP contribution in [-0.4, -0.2) is 50.2 Å². The van der Waals surface area contributed by atoms with Gasteiger partial charge >= 0.3 is 23.2 Å². The minimum absolute atomic E-state index is 0.0913. The molecule has 79 heavy (non-hydrogen) atoms. The summed E-state index contributed by atoms with van der Waals surface area (Å²) in [4.78, 5) is 77.6. The molecule has 1 aliphatic heterocycles. The molecular weight excluding hydrogens is 1010 g/mol. The fourth-order valence-electron chi connectivity index (χ4n) is 9.31. The Balaban J connectivity index is 0.646. The quantitative estimate of drug-likeness (QED) is 0.0164. The number of hydrogen-bond donors (Lipinski definition) is 0. The van der Waals surface area contributed by atoms with Crippen LogP contribution in [0.3, 0.4) is 0 Å². The van der Waals surface area contributed by atoms with Crippen molar-refractivity contribution < 1.29 is 56.4 Å². The molecule has 2 amide bonds. The van der Waals surface area contributed by atoms with Crippen molar-refractivity contribution in [2.45, 2.75) is 77.6 Å². The third kappa shape index (κ3) is 14.7. The maximum atomic E-state index is 13.8. The molecule has 8 aromatic rings. The lowest BCUT2D eigenvalue weighted by Gasteiger charge is -2.19. The van der Waals surface area contributed by atoms with E-state index in [1.54, 1.807) is 116 Å². The lowest BCUT2D eigenvalue weighted by Crippen LogP contribution is -2.30. The lowest BCUT2D eigenvalue weighted by molar-refractivity contribution is -0.122. The average Bonchev–Trinajstić information content (AvgIpc) is 3.76. The molecule has 3 unspecified atom stereocenters. The first-order chi connectivity index (χ1) is 38.4. The number of esters is 2. The van der Waals surface area contributed by atoms with E-state index in [1.807, 2.05) is 43.3 Å². The Morgan fingerprint density at radius 1 is 0.456 bits per heavy atom. The van der Waals surface area contributed by atoms with E-state index in [9.17, 15) is 28.8 Å². The van der Waals surface area contributed by atoms with E-state index in [2.05, 4.69) is 0 Å². The fraction of sp³-hybridized carbons (Fsp3) is 0.281. The number of hydrogen-bond acceptors (Lipinski definition) is 14. The molecule has 0 saturated carbocycles. The number of ether oxygens (including phenoxy) is 6. The molecule has 9 rings (SSSR count). The van der Waals surface area contributed by atoms with E-state index >= 15 is 0 Å². The summed E-state index contributed by atoms with van der Waals surface area (Å²) in [6, 6.07) is 44.1. The van der Waals surface area contributed by atoms with E-state index in [1.165, 1.54) is 17.0 Å². The van der Waals surface area contributed by atoms with E-state index in [4.69, 9.17) is 37.3 Å². The van der Waals surface area contributed by atoms with Crippen LogP contribution in [0.4, 0.5) is 5.69 Å². The first kappa shape index (κ1) is 54.8. The average molecular weight is 1070 g/mol. The zero-order valence-electron chi connectivity index (χ0n) is 44.1. The zero-order chi connectivity index (χ0) is 55.1. The summed E-state index contributed by atoms with van der Waals surface area (Å²) >= 11 is 0. The smallest absolute Gasteiger partial charge is 0.343 e. The predicted octanol–water partition coefficient (Wildman–Crippen LogP) is 12.7. The van der Waals surface area contributed by atoms with Crippen molar-refractivity contribution in [3.8, 4) is 34.5 Å². The summed E-state index contributed by atoms with van der Waals surface area (Å²) in [6.07, 6.45) is 7.73. The second-order valence-corrected chi connectivity index (χ2v) is 19.6. The van der Waals surface area contributed by atoms with Gasteiger partial charge in [0.1, 0.15) is 45.7 Å². The van der Waals surface area contributed by atoms with Crippen LogP contribution in [0.2, 0.25) is 0 Å². The highest BCUT2D eigenvalue weighted by molar-refractivity contribution is 6.22. The molecule has 0 radical (unpaired) electrons. The van der Waals surface area contributed by atoms with Crippen molar-refractivity contribution in [2.75, 3.05) is 31.3 Å². The van der Waals surface area contributed by atoms with Crippen LogP contribution in [0.1, 0.15) is 104 Å². The lowest BCUT2D eigenvalue weighted by atomic mass is 9.85. The molecule has 406 valence electrons. The first-order valence-electron chi connectivity index (χ1n) is 26.8. The third-order valence-electron chi connectivity index (χ3n) is 13.8. The Morgan fingerprint density at radius 3 is 1.28 bits per heavy atom. The fourth-order valence-corrected chi connectivity index (χ4v) is 9.31. The SMILES string of the molecule is CC(CC1C(=O)N(c2ccc(OC(=O)c3ccc(OCCCCCCOc4ccc5ccc(=O)oc5c4)cc3)cc2)C(=O)C1C)c1ccc(OC(=O)c2ccc(OCCCCCCOc3ccc4ccc(=O)oc4c3)cc2)cc1. The van der Waals surface area contributed by atoms with Crippen LogP contribution in [0, 0.1) is 11.8 Å². The van der Waals surface area contributed by atoms with E-state index < -0.39 is 35.0 Å². The molecule has 2 aromatic heterocycles. The van der Waals surface area contributed by atoms with Gasteiger partial charge in [0.15, 0.2) is 0 Å². The van der Waals surface area contributed by atoms with Crippen molar-refractivity contribution in [3.05, 3.63) is 195 Å². The minimum atomic E-state index is -0.564. The first-order valence-corrected chi connectivity index (χ1v) is 26.8.